The molecule has 0 saturated heterocycles. The highest BCUT2D eigenvalue weighted by Crippen LogP contribution is 2.36. The lowest BCUT2D eigenvalue weighted by atomic mass is 10.1. The fourth-order valence-electron chi connectivity index (χ4n) is 2.44. The van der Waals surface area contributed by atoms with Crippen LogP contribution in [0.2, 0.25) is 0 Å². The van der Waals surface area contributed by atoms with Gasteiger partial charge in [-0.15, -0.1) is 0 Å². The van der Waals surface area contributed by atoms with Gasteiger partial charge in [0.15, 0.2) is 0 Å². The van der Waals surface area contributed by atoms with Crippen LogP contribution in [0.4, 0.5) is 4.39 Å². The first-order valence-corrected chi connectivity index (χ1v) is 6.40. The van der Waals surface area contributed by atoms with Crippen molar-refractivity contribution in [2.75, 3.05) is 19.8 Å². The molecule has 1 aliphatic rings. The van der Waals surface area contributed by atoms with E-state index in [-0.39, 0.29) is 6.61 Å². The highest BCUT2D eigenvalue weighted by molar-refractivity contribution is 5.45. The summed E-state index contributed by atoms with van der Waals surface area (Å²) in [4.78, 5) is 0. The minimum absolute atomic E-state index is 0.156. The molecule has 17 heavy (non-hydrogen) atoms. The van der Waals surface area contributed by atoms with Crippen molar-refractivity contribution in [1.82, 2.24) is 5.32 Å². The summed E-state index contributed by atoms with van der Waals surface area (Å²) in [7, 11) is 0. The second-order valence-corrected chi connectivity index (χ2v) is 4.41. The van der Waals surface area contributed by atoms with E-state index in [1.807, 2.05) is 12.1 Å². The highest BCUT2D eigenvalue weighted by atomic mass is 19.1. The molecule has 0 radical (unpaired) electrons. The molecule has 1 N–H and O–H groups in total. The number of hydrogen-bond donors (Lipinski definition) is 1. The molecular formula is C14H20FNO. The van der Waals surface area contributed by atoms with E-state index in [2.05, 4.69) is 18.3 Å². The van der Waals surface area contributed by atoms with E-state index in [0.29, 0.717) is 6.04 Å². The molecule has 1 atom stereocenters. The molecule has 0 aliphatic heterocycles. The quantitative estimate of drug-likeness (QED) is 0.821. The average molecular weight is 237 g/mol. The Bertz CT molecular complexity index is 367. The summed E-state index contributed by atoms with van der Waals surface area (Å²) < 4.78 is 17.6. The minimum atomic E-state index is -0.429. The number of fused-ring (bicyclic) bond motifs is 1. The number of alkyl halides is 1. The number of rotatable bonds is 6. The van der Waals surface area contributed by atoms with E-state index in [9.17, 15) is 4.39 Å². The smallest absolute Gasteiger partial charge is 0.123 e. The van der Waals surface area contributed by atoms with E-state index >= 15 is 0 Å². The van der Waals surface area contributed by atoms with Crippen LogP contribution in [-0.4, -0.2) is 19.8 Å². The molecule has 3 heteroatoms. The van der Waals surface area contributed by atoms with E-state index in [1.54, 1.807) is 0 Å². The summed E-state index contributed by atoms with van der Waals surface area (Å²) in [5.41, 5.74) is 2.59. The van der Waals surface area contributed by atoms with Gasteiger partial charge in [0.2, 0.25) is 0 Å². The molecule has 0 fully saturated rings. The maximum Gasteiger partial charge on any atom is 0.123 e. The molecule has 1 aromatic carbocycles. The summed E-state index contributed by atoms with van der Waals surface area (Å²) in [6.45, 7) is 2.94. The SMILES string of the molecule is CCCNC1CCc2c(OCCF)cccc21. The number of hydrogen-bond acceptors (Lipinski definition) is 2. The zero-order valence-electron chi connectivity index (χ0n) is 10.3. The van der Waals surface area contributed by atoms with Gasteiger partial charge in [0.25, 0.3) is 0 Å². The molecule has 0 saturated carbocycles. The molecule has 1 unspecified atom stereocenters. The second kappa shape index (κ2) is 6.01. The third kappa shape index (κ3) is 2.78. The van der Waals surface area contributed by atoms with Crippen LogP contribution in [0.25, 0.3) is 0 Å². The molecule has 2 nitrogen and oxygen atoms in total. The molecule has 1 aliphatic carbocycles. The first-order chi connectivity index (χ1) is 8.36. The Hall–Kier alpha value is -1.09. The van der Waals surface area contributed by atoms with E-state index in [0.717, 1.165) is 31.6 Å². The molecule has 0 heterocycles. The molecule has 0 spiro atoms. The van der Waals surface area contributed by atoms with Crippen molar-refractivity contribution in [1.29, 1.82) is 0 Å². The first kappa shape index (κ1) is 12.4. The van der Waals surface area contributed by atoms with Crippen molar-refractivity contribution >= 4 is 0 Å². The fraction of sp³-hybridized carbons (Fsp3) is 0.571. The van der Waals surface area contributed by atoms with Gasteiger partial charge < -0.3 is 10.1 Å². The minimum Gasteiger partial charge on any atom is -0.491 e. The lowest BCUT2D eigenvalue weighted by Gasteiger charge is -2.14. The molecule has 2 rings (SSSR count). The predicted octanol–water partition coefficient (Wildman–Crippen LogP) is 3.02. The maximum atomic E-state index is 12.1. The van der Waals surface area contributed by atoms with E-state index in [1.165, 1.54) is 11.1 Å². The Kier molecular flexibility index (Phi) is 4.37. The van der Waals surface area contributed by atoms with E-state index < -0.39 is 6.67 Å². The van der Waals surface area contributed by atoms with Gasteiger partial charge in [-0.3, -0.25) is 0 Å². The van der Waals surface area contributed by atoms with Crippen molar-refractivity contribution in [3.8, 4) is 5.75 Å². The van der Waals surface area contributed by atoms with Crippen LogP contribution in [0.5, 0.6) is 5.75 Å². The third-order valence-electron chi connectivity index (χ3n) is 3.20. The summed E-state index contributed by atoms with van der Waals surface area (Å²) in [6, 6.07) is 6.53. The largest absolute Gasteiger partial charge is 0.491 e. The van der Waals surface area contributed by atoms with Gasteiger partial charge in [0.1, 0.15) is 19.0 Å². The fourth-order valence-corrected chi connectivity index (χ4v) is 2.44. The summed E-state index contributed by atoms with van der Waals surface area (Å²) in [5, 5.41) is 3.54. The normalized spacial score (nSPS) is 18.1. The van der Waals surface area contributed by atoms with Crippen LogP contribution in [0.1, 0.15) is 36.9 Å². The Morgan fingerprint density at radius 1 is 1.47 bits per heavy atom. The Morgan fingerprint density at radius 2 is 2.35 bits per heavy atom. The maximum absolute atomic E-state index is 12.1. The van der Waals surface area contributed by atoms with Crippen LogP contribution in [-0.2, 0) is 6.42 Å². The Morgan fingerprint density at radius 3 is 3.12 bits per heavy atom. The molecule has 0 bridgehead atoms. The zero-order chi connectivity index (χ0) is 12.1. The third-order valence-corrected chi connectivity index (χ3v) is 3.20. The molecule has 0 aromatic heterocycles. The van der Waals surface area contributed by atoms with Crippen molar-refractivity contribution in [3.63, 3.8) is 0 Å². The molecule has 0 amide bonds. The van der Waals surface area contributed by atoms with Gasteiger partial charge in [0.05, 0.1) is 0 Å². The first-order valence-electron chi connectivity index (χ1n) is 6.40. The second-order valence-electron chi connectivity index (χ2n) is 4.41. The van der Waals surface area contributed by atoms with Gasteiger partial charge in [-0.1, -0.05) is 19.1 Å². The predicted molar refractivity (Wildman–Crippen MR) is 67.3 cm³/mol. The van der Waals surface area contributed by atoms with Crippen molar-refractivity contribution in [2.45, 2.75) is 32.2 Å². The van der Waals surface area contributed by atoms with Crippen molar-refractivity contribution < 1.29 is 9.13 Å². The van der Waals surface area contributed by atoms with Crippen molar-refractivity contribution in [3.05, 3.63) is 29.3 Å². The summed E-state index contributed by atoms with van der Waals surface area (Å²) in [5.74, 6) is 0.862. The van der Waals surface area contributed by atoms with Crippen LogP contribution in [0, 0.1) is 0 Å². The van der Waals surface area contributed by atoms with E-state index in [4.69, 9.17) is 4.74 Å². The Labute approximate surface area is 102 Å². The summed E-state index contributed by atoms with van der Waals surface area (Å²) in [6.07, 6.45) is 3.29. The van der Waals surface area contributed by atoms with Gasteiger partial charge in [-0.2, -0.15) is 0 Å². The van der Waals surface area contributed by atoms with Gasteiger partial charge in [0, 0.05) is 6.04 Å². The number of ether oxygens (including phenoxy) is 1. The standard InChI is InChI=1S/C14H20FNO/c1-2-9-16-13-7-6-12-11(13)4-3-5-14(12)17-10-8-15/h3-5,13,16H,2,6-10H2,1H3. The van der Waals surface area contributed by atoms with Crippen LogP contribution < -0.4 is 10.1 Å². The topological polar surface area (TPSA) is 21.3 Å². The number of halogens is 1. The van der Waals surface area contributed by atoms with Crippen LogP contribution >= 0.6 is 0 Å². The van der Waals surface area contributed by atoms with Gasteiger partial charge >= 0.3 is 0 Å². The zero-order valence-corrected chi connectivity index (χ0v) is 10.3. The van der Waals surface area contributed by atoms with Crippen LogP contribution in [0.3, 0.4) is 0 Å². The molecule has 1 aromatic rings. The van der Waals surface area contributed by atoms with Gasteiger partial charge in [-0.25, -0.2) is 4.39 Å². The summed E-state index contributed by atoms with van der Waals surface area (Å²) >= 11 is 0. The Balaban J connectivity index is 2.11. The number of nitrogens with one attached hydrogen (secondary N) is 1. The molecular weight excluding hydrogens is 217 g/mol. The lowest BCUT2D eigenvalue weighted by molar-refractivity contribution is 0.271. The lowest BCUT2D eigenvalue weighted by Crippen LogP contribution is -2.19. The number of benzene rings is 1. The monoisotopic (exact) mass is 237 g/mol. The average Bonchev–Trinajstić information content (AvgIpc) is 2.77. The highest BCUT2D eigenvalue weighted by Gasteiger charge is 2.24. The molecule has 94 valence electrons. The van der Waals surface area contributed by atoms with Crippen molar-refractivity contribution in [2.24, 2.45) is 0 Å². The van der Waals surface area contributed by atoms with Gasteiger partial charge in [-0.05, 0) is 43.0 Å². The van der Waals surface area contributed by atoms with Crippen LogP contribution in [0.15, 0.2) is 18.2 Å².